The molecule has 0 aromatic heterocycles. The van der Waals surface area contributed by atoms with E-state index in [1.165, 1.54) is 6.26 Å². The summed E-state index contributed by atoms with van der Waals surface area (Å²) in [4.78, 5) is 0. The first-order valence-corrected chi connectivity index (χ1v) is 14.0. The van der Waals surface area contributed by atoms with Gasteiger partial charge in [0, 0.05) is 5.92 Å². The van der Waals surface area contributed by atoms with Crippen molar-refractivity contribution < 1.29 is 48.9 Å². The van der Waals surface area contributed by atoms with Gasteiger partial charge in [0.25, 0.3) is 0 Å². The molecule has 5 N–H and O–H groups in total. The lowest BCUT2D eigenvalue weighted by molar-refractivity contribution is -0.344. The summed E-state index contributed by atoms with van der Waals surface area (Å²) in [6.45, 7) is 10.4. The smallest absolute Gasteiger partial charge is 0.208 e. The van der Waals surface area contributed by atoms with Crippen molar-refractivity contribution in [1.82, 2.24) is 0 Å². The summed E-state index contributed by atoms with van der Waals surface area (Å²) in [5, 5.41) is 50.7. The molecule has 0 unspecified atom stereocenters. The Balaban J connectivity index is 1.53. The van der Waals surface area contributed by atoms with Crippen LogP contribution < -0.4 is 0 Å². The van der Waals surface area contributed by atoms with Crippen LogP contribution in [0.3, 0.4) is 0 Å². The van der Waals surface area contributed by atoms with E-state index in [1.54, 1.807) is 6.08 Å². The second kappa shape index (κ2) is 8.26. The molecule has 3 aliphatic heterocycles. The van der Waals surface area contributed by atoms with Crippen LogP contribution in [0.5, 0.6) is 0 Å². The van der Waals surface area contributed by atoms with E-state index in [0.29, 0.717) is 0 Å². The van der Waals surface area contributed by atoms with Gasteiger partial charge in [-0.3, -0.25) is 0 Å². The van der Waals surface area contributed by atoms with E-state index in [-0.39, 0.29) is 17.6 Å². The van der Waals surface area contributed by atoms with E-state index >= 15 is 0 Å². The van der Waals surface area contributed by atoms with Gasteiger partial charge < -0.3 is 48.9 Å². The van der Waals surface area contributed by atoms with E-state index in [1.807, 2.05) is 0 Å². The molecule has 0 spiro atoms. The largest absolute Gasteiger partial charge is 0.472 e. The average molecular weight is 477 g/mol. The third kappa shape index (κ3) is 3.86. The summed E-state index contributed by atoms with van der Waals surface area (Å²) < 4.78 is 29.5. The third-order valence-corrected chi connectivity index (χ3v) is 12.3. The molecule has 0 aromatic rings. The minimum Gasteiger partial charge on any atom is -0.472 e. The Labute approximate surface area is 188 Å². The second-order valence-electron chi connectivity index (χ2n) is 10.8. The van der Waals surface area contributed by atoms with E-state index < -0.39 is 75.6 Å². The highest BCUT2D eigenvalue weighted by Gasteiger charge is 2.76. The van der Waals surface area contributed by atoms with Crippen LogP contribution in [-0.4, -0.2) is 102 Å². The fourth-order valence-corrected chi connectivity index (χ4v) is 5.68. The van der Waals surface area contributed by atoms with Crippen LogP contribution >= 0.6 is 0 Å². The summed E-state index contributed by atoms with van der Waals surface area (Å²) in [5.41, 5.74) is -0.802. The molecule has 32 heavy (non-hydrogen) atoms. The number of ether oxygens (including phenoxy) is 4. The van der Waals surface area contributed by atoms with Gasteiger partial charge in [-0.15, -0.1) is 0 Å². The molecular formula is C21H36O10Si. The fraction of sp³-hybridized carbons (Fsp3) is 0.905. The highest BCUT2D eigenvalue weighted by molar-refractivity contribution is 6.74. The molecule has 0 radical (unpaired) electrons. The van der Waals surface area contributed by atoms with Crippen molar-refractivity contribution in [3.05, 3.63) is 12.3 Å². The minimum atomic E-state index is -2.09. The van der Waals surface area contributed by atoms with Crippen molar-refractivity contribution in [2.75, 3.05) is 13.2 Å². The lowest BCUT2D eigenvalue weighted by Crippen LogP contribution is -2.60. The normalized spacial score (nSPS) is 48.2. The maximum atomic E-state index is 10.8. The topological polar surface area (TPSA) is 151 Å². The maximum absolute atomic E-state index is 10.8. The van der Waals surface area contributed by atoms with Crippen LogP contribution in [0.25, 0.3) is 0 Å². The van der Waals surface area contributed by atoms with Gasteiger partial charge in [0.2, 0.25) is 6.29 Å². The van der Waals surface area contributed by atoms with Gasteiger partial charge in [-0.05, 0) is 24.2 Å². The number of rotatable bonds is 6. The molecule has 0 aromatic carbocycles. The molecule has 10 nitrogen and oxygen atoms in total. The van der Waals surface area contributed by atoms with Crippen LogP contribution in [0, 0.1) is 11.8 Å². The van der Waals surface area contributed by atoms with Gasteiger partial charge in [0.1, 0.15) is 36.1 Å². The van der Waals surface area contributed by atoms with Crippen LogP contribution in [-0.2, 0) is 23.4 Å². The van der Waals surface area contributed by atoms with E-state index in [4.69, 9.17) is 23.4 Å². The van der Waals surface area contributed by atoms with Crippen molar-refractivity contribution in [2.45, 2.75) is 93.7 Å². The molecule has 11 heteroatoms. The first-order valence-electron chi connectivity index (χ1n) is 11.1. The second-order valence-corrected chi connectivity index (χ2v) is 15.6. The number of hydrogen-bond acceptors (Lipinski definition) is 10. The number of hydrogen-bond donors (Lipinski definition) is 5. The van der Waals surface area contributed by atoms with Crippen LogP contribution in [0.1, 0.15) is 20.8 Å². The Hall–Kier alpha value is -0.603. The summed E-state index contributed by atoms with van der Waals surface area (Å²) >= 11 is 0. The quantitative estimate of drug-likeness (QED) is 0.249. The Morgan fingerprint density at radius 1 is 1.00 bits per heavy atom. The SMILES string of the molecule is CC(C)(C)[Si](C)(C)OC[C@]12O[C@H]1[C@@H](O)[C@@H]1C=CO[C@@H](O[C@H]3O[C@H](CO)[C@@H](O)[C@H](O)[C@H]3O)[C@@H]12. The molecule has 2 saturated heterocycles. The van der Waals surface area contributed by atoms with Crippen molar-refractivity contribution in [1.29, 1.82) is 0 Å². The number of aliphatic hydroxyl groups excluding tert-OH is 5. The number of fused-ring (bicyclic) bond motifs is 3. The summed E-state index contributed by atoms with van der Waals surface area (Å²) in [6.07, 6.45) is -5.98. The Kier molecular flexibility index (Phi) is 6.33. The van der Waals surface area contributed by atoms with E-state index in [9.17, 15) is 25.5 Å². The summed E-state index contributed by atoms with van der Waals surface area (Å²) in [6, 6.07) is 0. The van der Waals surface area contributed by atoms with Gasteiger partial charge in [0.15, 0.2) is 14.6 Å². The van der Waals surface area contributed by atoms with Gasteiger partial charge in [-0.1, -0.05) is 20.8 Å². The highest BCUT2D eigenvalue weighted by atomic mass is 28.4. The molecule has 3 heterocycles. The molecular weight excluding hydrogens is 440 g/mol. The zero-order chi connectivity index (χ0) is 23.6. The first kappa shape index (κ1) is 24.5. The van der Waals surface area contributed by atoms with Crippen molar-refractivity contribution in [3.63, 3.8) is 0 Å². The highest BCUT2D eigenvalue weighted by Crippen LogP contribution is 2.60. The zero-order valence-electron chi connectivity index (χ0n) is 19.1. The predicted octanol–water partition coefficient (Wildman–Crippen LogP) is -0.561. The monoisotopic (exact) mass is 476 g/mol. The van der Waals surface area contributed by atoms with Crippen molar-refractivity contribution in [2.24, 2.45) is 11.8 Å². The van der Waals surface area contributed by atoms with Crippen molar-refractivity contribution in [3.8, 4) is 0 Å². The standard InChI is InChI=1S/C21H36O10Si/c1-20(2,3)32(4,5)28-9-21-12-10(13(23)17(21)31-21)6-7-27-18(12)30-19-16(26)15(25)14(24)11(8-22)29-19/h6-7,10-19,22-26H,8-9H2,1-5H3/t10-,11-,12-,13+,14-,15+,16-,17+,18+,19-,21-/m1/s1. The lowest BCUT2D eigenvalue weighted by atomic mass is 9.85. The predicted molar refractivity (Wildman–Crippen MR) is 113 cm³/mol. The molecule has 184 valence electrons. The zero-order valence-corrected chi connectivity index (χ0v) is 20.1. The molecule has 1 aliphatic carbocycles. The Morgan fingerprint density at radius 2 is 1.69 bits per heavy atom. The maximum Gasteiger partial charge on any atom is 0.208 e. The molecule has 11 atom stereocenters. The molecule has 1 saturated carbocycles. The van der Waals surface area contributed by atoms with Crippen LogP contribution in [0.4, 0.5) is 0 Å². The first-order chi connectivity index (χ1) is 14.8. The molecule has 4 rings (SSSR count). The number of epoxide rings is 1. The molecule has 0 bridgehead atoms. The van der Waals surface area contributed by atoms with Crippen LogP contribution in [0.2, 0.25) is 18.1 Å². The van der Waals surface area contributed by atoms with Crippen LogP contribution in [0.15, 0.2) is 12.3 Å². The summed E-state index contributed by atoms with van der Waals surface area (Å²) in [5.74, 6) is -0.745. The molecule has 3 fully saturated rings. The third-order valence-electron chi connectivity index (χ3n) is 7.84. The van der Waals surface area contributed by atoms with Gasteiger partial charge in [-0.25, -0.2) is 0 Å². The summed E-state index contributed by atoms with van der Waals surface area (Å²) in [7, 11) is -2.09. The Bertz CT molecular complexity index is 724. The van der Waals surface area contributed by atoms with E-state index in [2.05, 4.69) is 33.9 Å². The molecule has 0 amide bonds. The fourth-order valence-electron chi connectivity index (χ4n) is 4.66. The van der Waals surface area contributed by atoms with Gasteiger partial charge in [0.05, 0.1) is 31.5 Å². The van der Waals surface area contributed by atoms with E-state index in [0.717, 1.165) is 0 Å². The number of aliphatic hydroxyl groups is 5. The lowest BCUT2D eigenvalue weighted by Gasteiger charge is -2.43. The Morgan fingerprint density at radius 3 is 2.31 bits per heavy atom. The molecule has 4 aliphatic rings. The minimum absolute atomic E-state index is 0.000153. The van der Waals surface area contributed by atoms with Crippen molar-refractivity contribution >= 4 is 8.32 Å². The van der Waals surface area contributed by atoms with Gasteiger partial charge in [-0.2, -0.15) is 0 Å². The average Bonchev–Trinajstić information content (AvgIpc) is 3.41. The van der Waals surface area contributed by atoms with Gasteiger partial charge >= 0.3 is 0 Å².